The smallest absolute Gasteiger partial charge is 0.453 e. The first-order chi connectivity index (χ1) is 17.7. The van der Waals surface area contributed by atoms with Gasteiger partial charge >= 0.3 is 6.36 Å². The van der Waals surface area contributed by atoms with Gasteiger partial charge in [0.2, 0.25) is 0 Å². The van der Waals surface area contributed by atoms with Gasteiger partial charge in [-0.25, -0.2) is 13.3 Å². The molecule has 0 bridgehead atoms. The fraction of sp³-hybridized carbons (Fsp3) is 0.280. The number of aliphatic hydroxyl groups is 1. The number of para-hydroxylation sites is 4. The Morgan fingerprint density at radius 3 is 2.16 bits per heavy atom. The number of ether oxygens (including phenoxy) is 3. The molecule has 0 amide bonds. The molecule has 0 spiro atoms. The van der Waals surface area contributed by atoms with Gasteiger partial charge in [-0.1, -0.05) is 24.3 Å². The minimum absolute atomic E-state index is 0.0487. The first kappa shape index (κ1) is 25.3. The van der Waals surface area contributed by atoms with E-state index in [9.17, 15) is 22.5 Å². The Hall–Kier alpha value is -3.32. The highest BCUT2D eigenvalue weighted by Crippen LogP contribution is 2.48. The van der Waals surface area contributed by atoms with Crippen molar-refractivity contribution in [2.75, 3.05) is 25.2 Å². The number of halogens is 3. The molecule has 0 saturated carbocycles. The fourth-order valence-electron chi connectivity index (χ4n) is 4.46. The summed E-state index contributed by atoms with van der Waals surface area (Å²) >= 11 is 0. The summed E-state index contributed by atoms with van der Waals surface area (Å²) in [6.45, 7) is 0.239. The lowest BCUT2D eigenvalue weighted by Gasteiger charge is -2.44. The molecular formula is C25H24F3N3O5S. The lowest BCUT2D eigenvalue weighted by molar-refractivity contribution is -0.274. The molecule has 2 heterocycles. The molecule has 2 aliphatic heterocycles. The molecule has 2 N–H and O–H groups in total. The Morgan fingerprint density at radius 1 is 1.00 bits per heavy atom. The highest BCUT2D eigenvalue weighted by atomic mass is 32.2. The van der Waals surface area contributed by atoms with Gasteiger partial charge in [-0.15, -0.1) is 13.2 Å². The van der Waals surface area contributed by atoms with Crippen molar-refractivity contribution < 1.29 is 36.7 Å². The average molecular weight is 536 g/mol. The van der Waals surface area contributed by atoms with Crippen molar-refractivity contribution in [3.8, 4) is 17.2 Å². The van der Waals surface area contributed by atoms with Crippen molar-refractivity contribution in [1.29, 1.82) is 0 Å². The van der Waals surface area contributed by atoms with E-state index in [0.717, 1.165) is 23.5 Å². The SMILES string of the molecule is CN=S(=O)(N[C@@H]1COC[C@@H](N2c3ccccc3Oc3ccccc32)[C@H]1O)c1ccc(OC(F)(F)F)cc1. The first-order valence-corrected chi connectivity index (χ1v) is 12.9. The molecule has 8 nitrogen and oxygen atoms in total. The summed E-state index contributed by atoms with van der Waals surface area (Å²) in [7, 11) is -1.99. The summed E-state index contributed by atoms with van der Waals surface area (Å²) in [4.78, 5) is 2.09. The van der Waals surface area contributed by atoms with E-state index in [-0.39, 0.29) is 18.1 Å². The first-order valence-electron chi connectivity index (χ1n) is 11.4. The van der Waals surface area contributed by atoms with Crippen molar-refractivity contribution in [1.82, 2.24) is 4.72 Å². The average Bonchev–Trinajstić information content (AvgIpc) is 2.88. The molecule has 2 aliphatic rings. The van der Waals surface area contributed by atoms with Crippen LogP contribution in [-0.4, -0.2) is 54.1 Å². The molecular weight excluding hydrogens is 511 g/mol. The van der Waals surface area contributed by atoms with Crippen LogP contribution in [0.25, 0.3) is 0 Å². The molecule has 3 aromatic rings. The maximum absolute atomic E-state index is 13.7. The van der Waals surface area contributed by atoms with Crippen LogP contribution in [0.3, 0.4) is 0 Å². The lowest BCUT2D eigenvalue weighted by Crippen LogP contribution is -2.60. The highest BCUT2D eigenvalue weighted by Gasteiger charge is 2.41. The quantitative estimate of drug-likeness (QED) is 0.496. The maximum Gasteiger partial charge on any atom is 0.573 e. The predicted molar refractivity (Wildman–Crippen MR) is 131 cm³/mol. The van der Waals surface area contributed by atoms with E-state index in [1.807, 2.05) is 53.4 Å². The minimum Gasteiger partial charge on any atom is -0.453 e. The topological polar surface area (TPSA) is 92.6 Å². The van der Waals surface area contributed by atoms with Crippen molar-refractivity contribution in [3.63, 3.8) is 0 Å². The number of hydrogen-bond acceptors (Lipinski definition) is 7. The van der Waals surface area contributed by atoms with E-state index in [2.05, 4.69) is 13.8 Å². The number of nitrogens with one attached hydrogen (secondary N) is 1. The van der Waals surface area contributed by atoms with Gasteiger partial charge in [0.1, 0.15) is 15.7 Å². The molecule has 3 aromatic carbocycles. The van der Waals surface area contributed by atoms with Crippen LogP contribution in [0.4, 0.5) is 24.5 Å². The normalized spacial score (nSPS) is 22.7. The van der Waals surface area contributed by atoms with Gasteiger partial charge in [-0.3, -0.25) is 0 Å². The van der Waals surface area contributed by atoms with E-state index in [1.165, 1.54) is 19.2 Å². The molecule has 0 radical (unpaired) electrons. The van der Waals surface area contributed by atoms with Crippen LogP contribution in [0.15, 0.2) is 82.1 Å². The van der Waals surface area contributed by atoms with Gasteiger partial charge in [0.05, 0.1) is 47.7 Å². The van der Waals surface area contributed by atoms with E-state index in [0.29, 0.717) is 11.5 Å². The van der Waals surface area contributed by atoms with Gasteiger partial charge in [0.15, 0.2) is 11.5 Å². The van der Waals surface area contributed by atoms with Crippen molar-refractivity contribution in [3.05, 3.63) is 72.8 Å². The third kappa shape index (κ3) is 5.10. The molecule has 196 valence electrons. The van der Waals surface area contributed by atoms with Gasteiger partial charge in [-0.2, -0.15) is 0 Å². The monoisotopic (exact) mass is 535 g/mol. The van der Waals surface area contributed by atoms with Crippen molar-refractivity contribution in [2.45, 2.75) is 29.4 Å². The van der Waals surface area contributed by atoms with Gasteiger partial charge in [0.25, 0.3) is 0 Å². The van der Waals surface area contributed by atoms with Crippen molar-refractivity contribution in [2.24, 2.45) is 4.36 Å². The second kappa shape index (κ2) is 9.86. The summed E-state index contributed by atoms with van der Waals surface area (Å²) in [6.07, 6.45) is -5.89. The Bertz CT molecular complexity index is 1350. The molecule has 12 heteroatoms. The zero-order chi connectivity index (χ0) is 26.2. The zero-order valence-corrected chi connectivity index (χ0v) is 20.4. The fourth-order valence-corrected chi connectivity index (χ4v) is 6.03. The van der Waals surface area contributed by atoms with Gasteiger partial charge < -0.3 is 24.2 Å². The highest BCUT2D eigenvalue weighted by molar-refractivity contribution is 7.91. The molecule has 1 unspecified atom stereocenters. The van der Waals surface area contributed by atoms with Gasteiger partial charge in [-0.05, 0) is 48.5 Å². The molecule has 37 heavy (non-hydrogen) atoms. The van der Waals surface area contributed by atoms with Gasteiger partial charge in [0, 0.05) is 7.05 Å². The third-order valence-electron chi connectivity index (χ3n) is 6.14. The van der Waals surface area contributed by atoms with E-state index < -0.39 is 40.2 Å². The molecule has 0 aromatic heterocycles. The summed E-state index contributed by atoms with van der Waals surface area (Å²) in [6, 6.07) is 18.1. The maximum atomic E-state index is 13.7. The number of fused-ring (bicyclic) bond motifs is 2. The second-order valence-corrected chi connectivity index (χ2v) is 10.6. The summed E-state index contributed by atoms with van der Waals surface area (Å²) in [5.74, 6) is 0.800. The van der Waals surface area contributed by atoms with Crippen molar-refractivity contribution >= 4 is 21.3 Å². The van der Waals surface area contributed by atoms with E-state index >= 15 is 0 Å². The van der Waals surface area contributed by atoms with Crippen LogP contribution in [0, 0.1) is 0 Å². The number of rotatable bonds is 5. The van der Waals surface area contributed by atoms with Crippen LogP contribution in [0.1, 0.15) is 0 Å². The Balaban J connectivity index is 1.42. The Labute approximate surface area is 211 Å². The van der Waals surface area contributed by atoms with Crippen LogP contribution in [0.2, 0.25) is 0 Å². The zero-order valence-electron chi connectivity index (χ0n) is 19.6. The number of aliphatic hydroxyl groups excluding tert-OH is 1. The molecule has 1 fully saturated rings. The minimum atomic E-state index is -4.84. The van der Waals surface area contributed by atoms with E-state index in [1.54, 1.807) is 0 Å². The van der Waals surface area contributed by atoms with Crippen LogP contribution in [0.5, 0.6) is 17.2 Å². The number of anilines is 2. The third-order valence-corrected chi connectivity index (χ3v) is 8.19. The summed E-state index contributed by atoms with van der Waals surface area (Å²) in [5.41, 5.74) is 1.49. The standard InChI is InChI=1S/C25H24F3N3O5S/c1-29-37(33,17-12-10-16(11-13-17)36-25(26,27)28)30-18-14-34-15-21(24(18)32)31-19-6-2-4-8-22(19)35-23-9-5-3-7-20(23)31/h2-13,18,21,24,32H,14-15H2,1H3,(H,29,30,33)/t18-,21-,24+,37?/m1/s1. The molecule has 5 rings (SSSR count). The Kier molecular flexibility index (Phi) is 6.75. The van der Waals surface area contributed by atoms with E-state index in [4.69, 9.17) is 9.47 Å². The Morgan fingerprint density at radius 2 is 1.59 bits per heavy atom. The molecule has 1 saturated heterocycles. The number of benzene rings is 3. The number of alkyl halides is 3. The predicted octanol–water partition coefficient (Wildman–Crippen LogP) is 4.62. The number of hydrogen-bond donors (Lipinski definition) is 2. The summed E-state index contributed by atoms with van der Waals surface area (Å²) in [5, 5.41) is 11.5. The van der Waals surface area contributed by atoms with Crippen LogP contribution >= 0.6 is 0 Å². The lowest BCUT2D eigenvalue weighted by atomic mass is 9.98. The number of nitrogens with zero attached hydrogens (tertiary/aromatic N) is 2. The summed E-state index contributed by atoms with van der Waals surface area (Å²) < 4.78 is 73.9. The second-order valence-electron chi connectivity index (χ2n) is 8.45. The largest absolute Gasteiger partial charge is 0.573 e. The van der Waals surface area contributed by atoms with Crippen LogP contribution < -0.4 is 19.1 Å². The van der Waals surface area contributed by atoms with Crippen LogP contribution in [-0.2, 0) is 14.7 Å². The molecule has 0 aliphatic carbocycles. The molecule has 4 atom stereocenters.